The van der Waals surface area contributed by atoms with Crippen LogP contribution in [0.15, 0.2) is 137 Å². The van der Waals surface area contributed by atoms with Crippen molar-refractivity contribution in [3.8, 4) is 0 Å². The van der Waals surface area contributed by atoms with Crippen molar-refractivity contribution >= 4 is 30.6 Å². The molecule has 4 aromatic rings. The van der Waals surface area contributed by atoms with Gasteiger partial charge in [0.25, 0.3) is 8.32 Å². The van der Waals surface area contributed by atoms with Crippen molar-refractivity contribution in [2.24, 2.45) is 32.9 Å². The van der Waals surface area contributed by atoms with Crippen LogP contribution in [0.3, 0.4) is 0 Å². The van der Waals surface area contributed by atoms with E-state index in [4.69, 9.17) is 93.4 Å². The average Bonchev–Trinajstić information content (AvgIpc) is 0.747. The van der Waals surface area contributed by atoms with Crippen LogP contribution in [0.4, 0.5) is 0 Å². The molecule has 8 aliphatic rings. The highest BCUT2D eigenvalue weighted by molar-refractivity contribution is 6.99. The molecule has 0 spiro atoms. The number of hydrogen-bond acceptors (Lipinski definition) is 25. The minimum Gasteiger partial charge on any atom is -0.455 e. The minimum atomic E-state index is -2.88. The quantitative estimate of drug-likeness (QED) is 0.0325. The second-order valence-electron chi connectivity index (χ2n) is 26.3. The number of carbonyl (C=O) groups excluding carboxylic acids is 2. The van der Waals surface area contributed by atoms with Gasteiger partial charge in [0.05, 0.1) is 101 Å². The van der Waals surface area contributed by atoms with Crippen molar-refractivity contribution < 1.29 is 101 Å². The summed E-state index contributed by atoms with van der Waals surface area (Å²) in [6.45, 7) is 19.0. The summed E-state index contributed by atoms with van der Waals surface area (Å²) in [5.74, 6) is -0.0885. The molecule has 100 heavy (non-hydrogen) atoms. The number of nitrogens with zero attached hydrogens (tertiary/aromatic N) is 9. The molecule has 31 nitrogen and oxygen atoms in total. The molecule has 13 unspecified atom stereocenters. The molecule has 546 valence electrons. The fourth-order valence-corrected chi connectivity index (χ4v) is 17.3. The van der Waals surface area contributed by atoms with E-state index in [9.17, 15) is 30.0 Å². The maximum atomic E-state index is 12.8. The van der Waals surface area contributed by atoms with Crippen LogP contribution >= 0.6 is 0 Å². The summed E-state index contributed by atoms with van der Waals surface area (Å²) in [7, 11) is -2.88. The van der Waals surface area contributed by atoms with E-state index in [1.54, 1.807) is 74.5 Å². The third kappa shape index (κ3) is 20.3. The van der Waals surface area contributed by atoms with E-state index >= 15 is 0 Å². The fourth-order valence-electron chi connectivity index (χ4n) is 12.7. The molecule has 0 saturated carbocycles. The molecule has 0 aliphatic carbocycles. The molecule has 23 atom stereocenters. The van der Waals surface area contributed by atoms with Crippen molar-refractivity contribution in [3.63, 3.8) is 0 Å². The zero-order valence-electron chi connectivity index (χ0n) is 57.3. The first-order valence-electron chi connectivity index (χ1n) is 33.4. The summed E-state index contributed by atoms with van der Waals surface area (Å²) in [5.41, 5.74) is 32.2. The Bertz CT molecular complexity index is 3220. The molecular formula is C68H94N10O21Si. The number of esters is 2. The minimum absolute atomic E-state index is 0.0113. The number of rotatable bonds is 13. The Kier molecular flexibility index (Phi) is 30.0. The van der Waals surface area contributed by atoms with Gasteiger partial charge in [-0.1, -0.05) is 147 Å². The van der Waals surface area contributed by atoms with Crippen molar-refractivity contribution in [3.05, 3.63) is 164 Å². The van der Waals surface area contributed by atoms with Gasteiger partial charge in [0.2, 0.25) is 0 Å². The van der Waals surface area contributed by atoms with Crippen LogP contribution in [0.1, 0.15) is 76.1 Å². The van der Waals surface area contributed by atoms with Crippen LogP contribution in [-0.4, -0.2) is 240 Å². The Morgan fingerprint density at radius 1 is 0.500 bits per heavy atom. The fraction of sp³-hybridized carbons (Fsp3) is 0.618. The zero-order chi connectivity index (χ0) is 72.1. The Morgan fingerprint density at radius 3 is 1.33 bits per heavy atom. The van der Waals surface area contributed by atoms with Gasteiger partial charge >= 0.3 is 11.9 Å². The molecule has 0 aromatic heterocycles. The average molecular weight is 1420 g/mol. The molecular weight excluding hydrogens is 1320 g/mol. The number of carbonyl (C=O) groups is 2. The van der Waals surface area contributed by atoms with Gasteiger partial charge in [0, 0.05) is 14.7 Å². The summed E-state index contributed by atoms with van der Waals surface area (Å²) in [4.78, 5) is 33.0. The number of hydrogen-bond donors (Lipinski definition) is 6. The normalized spacial score (nSPS) is 34.4. The maximum Gasteiger partial charge on any atom is 0.338 e. The smallest absolute Gasteiger partial charge is 0.338 e. The Balaban J connectivity index is 0.000000172. The highest BCUT2D eigenvalue weighted by atomic mass is 28.4. The predicted molar refractivity (Wildman–Crippen MR) is 361 cm³/mol. The van der Waals surface area contributed by atoms with Crippen molar-refractivity contribution in [2.75, 3.05) is 66.1 Å². The van der Waals surface area contributed by atoms with Crippen LogP contribution in [0.2, 0.25) is 5.04 Å². The SMILES string of the molecule is CC(C)(C)[Si](OCC1OCC(N=[N+]=[N-])[C@@H](OC(=O)c2ccccc2)[C@@H]1O)(c1ccccc1)c1ccccc1.CC1OCC2OCC(C)[C@@H](C)[C@@H]2O1.CC1OCC2OCC(N)[C@@H](O)[C@@H]2O1.CC1OCC2OCC(N=[N+]=[N-])[C@@H](O)[C@@H]2O1.[N-]=[N+]=NC1COC(CO)[C@@H](O)[C@@H]1OC(=O)c1ccccc1. The molecule has 7 N–H and O–H groups in total. The molecule has 8 fully saturated rings. The summed E-state index contributed by atoms with van der Waals surface area (Å²) in [5, 5.41) is 62.7. The van der Waals surface area contributed by atoms with Gasteiger partial charge in [-0.25, -0.2) is 9.59 Å². The summed E-state index contributed by atoms with van der Waals surface area (Å²) in [6.07, 6.45) is -9.45. The van der Waals surface area contributed by atoms with Gasteiger partial charge < -0.3 is 97.3 Å². The lowest BCUT2D eigenvalue weighted by Crippen LogP contribution is -2.68. The Labute approximate surface area is 581 Å². The second-order valence-corrected chi connectivity index (χ2v) is 30.6. The highest BCUT2D eigenvalue weighted by Crippen LogP contribution is 2.38. The summed E-state index contributed by atoms with van der Waals surface area (Å²) < 4.78 is 77.7. The van der Waals surface area contributed by atoms with E-state index in [-0.39, 0.29) is 86.9 Å². The molecule has 12 rings (SSSR count). The number of aliphatic hydroxyl groups is 5. The summed E-state index contributed by atoms with van der Waals surface area (Å²) in [6, 6.07) is 34.4. The van der Waals surface area contributed by atoms with Gasteiger partial charge in [-0.15, -0.1) is 0 Å². The largest absolute Gasteiger partial charge is 0.455 e. The third-order valence-electron chi connectivity index (χ3n) is 18.4. The lowest BCUT2D eigenvalue weighted by Gasteiger charge is -2.45. The summed E-state index contributed by atoms with van der Waals surface area (Å²) >= 11 is 0. The van der Waals surface area contributed by atoms with Crippen LogP contribution in [0, 0.1) is 11.8 Å². The van der Waals surface area contributed by atoms with Gasteiger partial charge in [-0.2, -0.15) is 0 Å². The highest BCUT2D eigenvalue weighted by Gasteiger charge is 2.53. The van der Waals surface area contributed by atoms with Crippen LogP contribution in [0.5, 0.6) is 0 Å². The number of nitrogens with two attached hydrogens (primary N) is 1. The molecule has 0 amide bonds. The lowest BCUT2D eigenvalue weighted by molar-refractivity contribution is -0.291. The van der Waals surface area contributed by atoms with Gasteiger partial charge in [0.15, 0.2) is 18.9 Å². The van der Waals surface area contributed by atoms with E-state index in [1.807, 2.05) is 43.3 Å². The molecule has 0 bridgehead atoms. The number of benzene rings is 4. The standard InChI is InChI=1S/C29H33N3O5Si.C13H15N3O5.C10H18O3.C8H13N3O4.C8H15NO4/c1-29(2,3)38(22-15-9-5-10-16-22,23-17-11-6-12-18-23)36-20-25-26(33)27(24(19-35-25)31-32-30)37-28(34)21-13-7-4-8-14-21;14-16-15-9-7-20-10(6-17)11(18)12(9)21-13(19)8-4-2-1-3-5-8;1-6-4-12-9-5-11-8(3)13-10(9)7(6)2;1-4-13-3-6-8(15-4)7(12)5(2-14-6)10-11-9;1-4-11-3-6-8(13-4)7(10)5(9)2-12-6/h4-18,24-27,33H,19-20H2,1-3H3;1-5,9-12,17-18H,6-7H2;6-10H,4-5H2,1-3H3;4-8,12H,2-3H2,1H3;4-8,10H,2-3,9H2,1H3/t24?,25?,26-,27-;9?,10?,11-,12-;6?,7-,8?,9?,10+;2*4?,5?,6?,7-,8-/m11111/s1. The Hall–Kier alpha value is -6.75. The van der Waals surface area contributed by atoms with Crippen molar-refractivity contribution in [1.82, 2.24) is 0 Å². The monoisotopic (exact) mass is 1410 g/mol. The van der Waals surface area contributed by atoms with E-state index in [2.05, 4.69) is 89.0 Å². The van der Waals surface area contributed by atoms with Gasteiger partial charge in [-0.05, 0) is 88.9 Å². The van der Waals surface area contributed by atoms with E-state index in [0.29, 0.717) is 49.4 Å². The lowest BCUT2D eigenvalue weighted by atomic mass is 9.85. The van der Waals surface area contributed by atoms with Crippen LogP contribution in [0.25, 0.3) is 31.3 Å². The van der Waals surface area contributed by atoms with Crippen LogP contribution < -0.4 is 16.1 Å². The van der Waals surface area contributed by atoms with Gasteiger partial charge in [-0.3, -0.25) is 0 Å². The maximum absolute atomic E-state index is 12.8. The molecule has 0 radical (unpaired) electrons. The number of fused-ring (bicyclic) bond motifs is 3. The first-order chi connectivity index (χ1) is 48.0. The van der Waals surface area contributed by atoms with E-state index in [0.717, 1.165) is 17.0 Å². The Morgan fingerprint density at radius 2 is 0.880 bits per heavy atom. The zero-order valence-corrected chi connectivity index (χ0v) is 58.3. The van der Waals surface area contributed by atoms with E-state index in [1.165, 1.54) is 0 Å². The third-order valence-corrected chi connectivity index (χ3v) is 23.4. The van der Waals surface area contributed by atoms with Gasteiger partial charge in [0.1, 0.15) is 85.3 Å². The molecule has 8 aliphatic heterocycles. The van der Waals surface area contributed by atoms with Crippen LogP contribution in [-0.2, 0) is 66.0 Å². The second kappa shape index (κ2) is 38.0. The topological polar surface area (TPSA) is 437 Å². The first kappa shape index (κ1) is 79.0. The number of azide groups is 3. The predicted octanol–water partition coefficient (Wildman–Crippen LogP) is 5.31. The van der Waals surface area contributed by atoms with E-state index < -0.39 is 99.9 Å². The van der Waals surface area contributed by atoms with Crippen molar-refractivity contribution in [1.29, 1.82) is 0 Å². The number of ether oxygens (including phenoxy) is 13. The number of aliphatic hydroxyl groups excluding tert-OH is 5. The van der Waals surface area contributed by atoms with Crippen molar-refractivity contribution in [2.45, 2.75) is 189 Å². The first-order valence-corrected chi connectivity index (χ1v) is 35.3. The molecule has 4 aromatic carbocycles. The molecule has 8 saturated heterocycles. The molecule has 8 heterocycles. The molecule has 32 heteroatoms.